The molecule has 0 spiro atoms. The fourth-order valence-electron chi connectivity index (χ4n) is 5.36. The van der Waals surface area contributed by atoms with Crippen LogP contribution in [0.3, 0.4) is 0 Å². The number of Topliss-reactive ketones (excluding diaryl/α,β-unsaturated/α-hetero) is 1. The van der Waals surface area contributed by atoms with Crippen LogP contribution in [-0.4, -0.2) is 60.6 Å². The van der Waals surface area contributed by atoms with Crippen molar-refractivity contribution in [2.24, 2.45) is 23.5 Å². The normalized spacial score (nSPS) is 18.8. The number of hydrogen-bond acceptors (Lipinski definition) is 7. The van der Waals surface area contributed by atoms with Gasteiger partial charge in [-0.05, 0) is 50.2 Å². The smallest absolute Gasteiger partial charge is 0.404 e. The number of ketones is 1. The lowest BCUT2D eigenvalue weighted by Gasteiger charge is -2.36. The second-order valence-corrected chi connectivity index (χ2v) is 9.52. The number of hydrogen-bond donors (Lipinski definition) is 1. The summed E-state index contributed by atoms with van der Waals surface area (Å²) in [6.07, 6.45) is 6.04. The van der Waals surface area contributed by atoms with E-state index in [9.17, 15) is 14.4 Å². The SMILES string of the molecule is NC(=O)OCCC(CCC(C(=O)N1CCOCC1)C1CCCCC1)C(=O)c1nc2ccccc2o1. The number of ether oxygens (including phenoxy) is 2. The summed E-state index contributed by atoms with van der Waals surface area (Å²) in [5.41, 5.74) is 6.28. The maximum absolute atomic E-state index is 13.5. The minimum atomic E-state index is -0.874. The number of para-hydroxylation sites is 2. The first-order valence-electron chi connectivity index (χ1n) is 12.7. The van der Waals surface area contributed by atoms with Crippen LogP contribution in [-0.2, 0) is 14.3 Å². The van der Waals surface area contributed by atoms with E-state index in [1.807, 2.05) is 17.0 Å². The molecule has 1 saturated carbocycles. The molecule has 1 aliphatic heterocycles. The molecular weight excluding hydrogens is 450 g/mol. The van der Waals surface area contributed by atoms with Crippen LogP contribution in [0.1, 0.15) is 62.1 Å². The van der Waals surface area contributed by atoms with Crippen molar-refractivity contribution < 1.29 is 28.3 Å². The van der Waals surface area contributed by atoms with Crippen LogP contribution in [0.2, 0.25) is 0 Å². The first-order valence-corrected chi connectivity index (χ1v) is 12.7. The number of fused-ring (bicyclic) bond motifs is 1. The second kappa shape index (κ2) is 12.2. The highest BCUT2D eigenvalue weighted by Gasteiger charge is 2.35. The number of amides is 2. The molecule has 4 rings (SSSR count). The van der Waals surface area contributed by atoms with Crippen molar-refractivity contribution in [3.05, 3.63) is 30.2 Å². The van der Waals surface area contributed by atoms with Crippen molar-refractivity contribution in [2.45, 2.75) is 51.4 Å². The topological polar surface area (TPSA) is 125 Å². The summed E-state index contributed by atoms with van der Waals surface area (Å²) in [6, 6.07) is 7.22. The Balaban J connectivity index is 1.50. The molecule has 2 N–H and O–H groups in total. The number of nitrogens with zero attached hydrogens (tertiary/aromatic N) is 2. The Morgan fingerprint density at radius 1 is 1.06 bits per heavy atom. The van der Waals surface area contributed by atoms with E-state index in [4.69, 9.17) is 19.6 Å². The molecule has 1 saturated heterocycles. The molecule has 2 aliphatic rings. The van der Waals surface area contributed by atoms with Crippen LogP contribution < -0.4 is 5.73 Å². The van der Waals surface area contributed by atoms with Gasteiger partial charge in [0.15, 0.2) is 5.58 Å². The van der Waals surface area contributed by atoms with Gasteiger partial charge >= 0.3 is 6.09 Å². The summed E-state index contributed by atoms with van der Waals surface area (Å²) < 4.78 is 16.1. The lowest BCUT2D eigenvalue weighted by molar-refractivity contribution is -0.142. The molecule has 2 fully saturated rings. The van der Waals surface area contributed by atoms with Crippen molar-refractivity contribution in [2.75, 3.05) is 32.9 Å². The molecule has 1 aromatic carbocycles. The highest BCUT2D eigenvalue weighted by Crippen LogP contribution is 2.35. The van der Waals surface area contributed by atoms with E-state index in [0.29, 0.717) is 62.6 Å². The van der Waals surface area contributed by atoms with E-state index in [1.54, 1.807) is 12.1 Å². The molecule has 190 valence electrons. The predicted molar refractivity (Wildman–Crippen MR) is 129 cm³/mol. The Kier molecular flexibility index (Phi) is 8.74. The highest BCUT2D eigenvalue weighted by atomic mass is 16.5. The van der Waals surface area contributed by atoms with Crippen molar-refractivity contribution in [1.29, 1.82) is 0 Å². The van der Waals surface area contributed by atoms with Crippen LogP contribution >= 0.6 is 0 Å². The van der Waals surface area contributed by atoms with Gasteiger partial charge in [-0.2, -0.15) is 0 Å². The number of nitrogens with two attached hydrogens (primary N) is 1. The van der Waals surface area contributed by atoms with Gasteiger partial charge in [-0.15, -0.1) is 0 Å². The molecule has 2 aromatic rings. The number of rotatable bonds is 10. The van der Waals surface area contributed by atoms with Gasteiger partial charge in [0.1, 0.15) is 5.52 Å². The number of carbonyl (C=O) groups excluding carboxylic acids is 3. The Morgan fingerprint density at radius 2 is 1.80 bits per heavy atom. The van der Waals surface area contributed by atoms with Crippen LogP contribution in [0, 0.1) is 17.8 Å². The molecule has 0 bridgehead atoms. The predicted octanol–water partition coefficient (Wildman–Crippen LogP) is 3.95. The zero-order chi connectivity index (χ0) is 24.6. The number of benzene rings is 1. The number of aromatic nitrogens is 1. The van der Waals surface area contributed by atoms with Crippen LogP contribution in [0.4, 0.5) is 4.79 Å². The van der Waals surface area contributed by atoms with E-state index in [-0.39, 0.29) is 30.1 Å². The van der Waals surface area contributed by atoms with E-state index in [2.05, 4.69) is 4.98 Å². The zero-order valence-electron chi connectivity index (χ0n) is 20.2. The lowest BCUT2D eigenvalue weighted by atomic mass is 9.76. The van der Waals surface area contributed by atoms with E-state index < -0.39 is 12.0 Å². The van der Waals surface area contributed by atoms with Crippen molar-refractivity contribution in [3.63, 3.8) is 0 Å². The Morgan fingerprint density at radius 3 is 2.51 bits per heavy atom. The number of primary amides is 1. The maximum Gasteiger partial charge on any atom is 0.404 e. The third-order valence-electron chi connectivity index (χ3n) is 7.27. The lowest BCUT2D eigenvalue weighted by Crippen LogP contribution is -2.45. The van der Waals surface area contributed by atoms with Gasteiger partial charge in [-0.3, -0.25) is 9.59 Å². The summed E-state index contributed by atoms with van der Waals surface area (Å²) in [5, 5.41) is 0. The summed E-state index contributed by atoms with van der Waals surface area (Å²) in [7, 11) is 0. The van der Waals surface area contributed by atoms with Gasteiger partial charge < -0.3 is 24.5 Å². The third kappa shape index (κ3) is 6.60. The van der Waals surface area contributed by atoms with E-state index in [0.717, 1.165) is 25.7 Å². The maximum atomic E-state index is 13.5. The molecular formula is C26H35N3O6. The molecule has 9 nitrogen and oxygen atoms in total. The Labute approximate surface area is 205 Å². The fourth-order valence-corrected chi connectivity index (χ4v) is 5.36. The third-order valence-corrected chi connectivity index (χ3v) is 7.27. The molecule has 1 aromatic heterocycles. The van der Waals surface area contributed by atoms with Gasteiger partial charge in [0.05, 0.1) is 19.8 Å². The van der Waals surface area contributed by atoms with Gasteiger partial charge in [-0.25, -0.2) is 9.78 Å². The Hall–Kier alpha value is -2.94. The molecule has 1 aliphatic carbocycles. The monoisotopic (exact) mass is 485 g/mol. The van der Waals surface area contributed by atoms with Gasteiger partial charge in [0.25, 0.3) is 5.89 Å². The quantitative estimate of drug-likeness (QED) is 0.505. The fraction of sp³-hybridized carbons (Fsp3) is 0.615. The molecule has 2 unspecified atom stereocenters. The number of carbonyl (C=O) groups is 3. The van der Waals surface area contributed by atoms with Crippen LogP contribution in [0.25, 0.3) is 11.1 Å². The largest absolute Gasteiger partial charge is 0.450 e. The minimum Gasteiger partial charge on any atom is -0.450 e. The number of morpholine rings is 1. The summed E-state index contributed by atoms with van der Waals surface area (Å²) in [5.74, 6) is -0.336. The molecule has 35 heavy (non-hydrogen) atoms. The average Bonchev–Trinajstić information content (AvgIpc) is 3.32. The standard InChI is InChI=1S/C26H35N3O6/c27-26(32)34-15-12-19(23(30)24-28-21-8-4-5-9-22(21)35-24)10-11-20(18-6-2-1-3-7-18)25(31)29-13-16-33-17-14-29/h4-5,8-9,18-20H,1-3,6-7,10-17H2,(H2,27,32). The molecule has 2 amide bonds. The van der Waals surface area contributed by atoms with E-state index >= 15 is 0 Å². The molecule has 0 radical (unpaired) electrons. The first-order chi connectivity index (χ1) is 17.0. The van der Waals surface area contributed by atoms with Gasteiger partial charge in [0, 0.05) is 24.9 Å². The highest BCUT2D eigenvalue weighted by molar-refractivity contribution is 5.95. The second-order valence-electron chi connectivity index (χ2n) is 9.52. The van der Waals surface area contributed by atoms with Crippen LogP contribution in [0.15, 0.2) is 28.7 Å². The average molecular weight is 486 g/mol. The number of oxazole rings is 1. The molecule has 2 heterocycles. The minimum absolute atomic E-state index is 0.0253. The van der Waals surface area contributed by atoms with Crippen molar-refractivity contribution in [1.82, 2.24) is 9.88 Å². The van der Waals surface area contributed by atoms with Crippen molar-refractivity contribution >= 4 is 28.9 Å². The van der Waals surface area contributed by atoms with Crippen molar-refractivity contribution in [3.8, 4) is 0 Å². The van der Waals surface area contributed by atoms with Gasteiger partial charge in [-0.1, -0.05) is 31.4 Å². The van der Waals surface area contributed by atoms with E-state index in [1.165, 1.54) is 6.42 Å². The summed E-state index contributed by atoms with van der Waals surface area (Å²) in [6.45, 7) is 2.37. The molecule has 2 atom stereocenters. The van der Waals surface area contributed by atoms with Gasteiger partial charge in [0.2, 0.25) is 11.7 Å². The Bertz CT molecular complexity index is 976. The van der Waals surface area contributed by atoms with Crippen LogP contribution in [0.5, 0.6) is 0 Å². The molecule has 9 heteroatoms. The first kappa shape index (κ1) is 25.2. The zero-order valence-corrected chi connectivity index (χ0v) is 20.2. The summed E-state index contributed by atoms with van der Waals surface area (Å²) in [4.78, 5) is 44.3. The summed E-state index contributed by atoms with van der Waals surface area (Å²) >= 11 is 0.